The van der Waals surface area contributed by atoms with Crippen molar-refractivity contribution in [3.63, 3.8) is 0 Å². The number of nitrogens with one attached hydrogen (secondary N) is 1. The predicted molar refractivity (Wildman–Crippen MR) is 139 cm³/mol. The zero-order valence-electron chi connectivity index (χ0n) is 20.9. The van der Waals surface area contributed by atoms with Crippen LogP contribution in [0.1, 0.15) is 53.9 Å². The third-order valence-corrected chi connectivity index (χ3v) is 6.98. The molecule has 0 unspecified atom stereocenters. The minimum absolute atomic E-state index is 0.0493. The van der Waals surface area contributed by atoms with Gasteiger partial charge in [0.25, 0.3) is 0 Å². The lowest BCUT2D eigenvalue weighted by atomic mass is 9.84. The summed E-state index contributed by atoms with van der Waals surface area (Å²) < 4.78 is 41.8. The first-order valence-electron chi connectivity index (χ1n) is 12.3. The van der Waals surface area contributed by atoms with Crippen LogP contribution >= 0.6 is 0 Å². The number of anilines is 2. The Bertz CT molecular complexity index is 1580. The molecule has 3 N–H and O–H groups in total. The fourth-order valence-corrected chi connectivity index (χ4v) is 5.14. The van der Waals surface area contributed by atoms with Gasteiger partial charge in [0.05, 0.1) is 17.1 Å². The number of nitrogen functional groups attached to an aromatic ring is 1. The van der Waals surface area contributed by atoms with Gasteiger partial charge in [-0.2, -0.15) is 13.2 Å². The Hall–Kier alpha value is -3.88. The van der Waals surface area contributed by atoms with Crippen LogP contribution in [0.5, 0.6) is 0 Å². The van der Waals surface area contributed by atoms with Crippen molar-refractivity contribution < 1.29 is 13.2 Å². The van der Waals surface area contributed by atoms with Crippen LogP contribution in [-0.2, 0) is 26.1 Å². The molecule has 4 aromatic rings. The van der Waals surface area contributed by atoms with Crippen LogP contribution < -0.4 is 16.6 Å². The fraction of sp³-hybridized carbons (Fsp3) is 0.321. The van der Waals surface area contributed by atoms with E-state index in [1.807, 2.05) is 25.3 Å². The van der Waals surface area contributed by atoms with Gasteiger partial charge in [-0.25, -0.2) is 9.97 Å². The Morgan fingerprint density at radius 1 is 1.05 bits per heavy atom. The van der Waals surface area contributed by atoms with Crippen LogP contribution in [0, 0.1) is 6.92 Å². The number of fused-ring (bicyclic) bond motifs is 3. The van der Waals surface area contributed by atoms with E-state index < -0.39 is 17.8 Å². The normalized spacial score (nSPS) is 14.4. The van der Waals surface area contributed by atoms with Gasteiger partial charge in [0.2, 0.25) is 5.56 Å². The molecule has 192 valence electrons. The van der Waals surface area contributed by atoms with E-state index in [2.05, 4.69) is 10.3 Å². The van der Waals surface area contributed by atoms with Crippen molar-refractivity contribution in [3.8, 4) is 11.1 Å². The molecule has 0 aliphatic heterocycles. The van der Waals surface area contributed by atoms with Gasteiger partial charge in [-0.15, -0.1) is 0 Å². The molecule has 2 aromatic carbocycles. The molecular formula is C28H28F3N5O. The summed E-state index contributed by atoms with van der Waals surface area (Å²) in [5, 5.41) is 4.12. The minimum atomic E-state index is -4.49. The number of alkyl halides is 3. The van der Waals surface area contributed by atoms with Gasteiger partial charge in [0.1, 0.15) is 11.6 Å². The number of halogens is 3. The molecule has 0 bridgehead atoms. The molecule has 0 radical (unpaired) electrons. The lowest BCUT2D eigenvalue weighted by Gasteiger charge is -2.24. The van der Waals surface area contributed by atoms with Gasteiger partial charge in [0.15, 0.2) is 0 Å². The molecular weight excluding hydrogens is 479 g/mol. The highest BCUT2D eigenvalue weighted by atomic mass is 19.4. The van der Waals surface area contributed by atoms with E-state index in [1.165, 1.54) is 5.56 Å². The molecule has 1 aliphatic rings. The summed E-state index contributed by atoms with van der Waals surface area (Å²) in [5.41, 5.74) is 10.6. The number of aromatic nitrogens is 3. The summed E-state index contributed by atoms with van der Waals surface area (Å²) in [5.74, 6) is 1.12. The van der Waals surface area contributed by atoms with Gasteiger partial charge in [0, 0.05) is 30.4 Å². The third kappa shape index (κ3) is 4.77. The molecule has 0 amide bonds. The zero-order valence-corrected chi connectivity index (χ0v) is 20.9. The molecule has 0 spiro atoms. The van der Waals surface area contributed by atoms with E-state index in [9.17, 15) is 18.0 Å². The van der Waals surface area contributed by atoms with Crippen molar-refractivity contribution in [2.45, 2.75) is 51.7 Å². The highest BCUT2D eigenvalue weighted by Crippen LogP contribution is 2.39. The minimum Gasteiger partial charge on any atom is -0.399 e. The number of nitrogens with zero attached hydrogens (tertiary/aromatic N) is 3. The SMILES string of the molecule is Cc1nc(N[C@H](C)c2cc(N)cc(C(F)(F)F)c2)c2cc(-c3ccc(=O)n(C)c3)c3c(c2n1)CCCC3. The smallest absolute Gasteiger partial charge is 0.399 e. The van der Waals surface area contributed by atoms with Crippen LogP contribution in [0.4, 0.5) is 24.7 Å². The third-order valence-electron chi connectivity index (χ3n) is 6.98. The average Bonchev–Trinajstić information content (AvgIpc) is 2.84. The maximum Gasteiger partial charge on any atom is 0.416 e. The summed E-state index contributed by atoms with van der Waals surface area (Å²) in [6.07, 6.45) is 1.24. The lowest BCUT2D eigenvalue weighted by Crippen LogP contribution is -2.15. The fourth-order valence-electron chi connectivity index (χ4n) is 5.14. The van der Waals surface area contributed by atoms with E-state index in [1.54, 1.807) is 30.7 Å². The van der Waals surface area contributed by atoms with E-state index in [4.69, 9.17) is 10.7 Å². The van der Waals surface area contributed by atoms with Crippen molar-refractivity contribution >= 4 is 22.4 Å². The highest BCUT2D eigenvalue weighted by Gasteiger charge is 2.31. The number of aryl methyl sites for hydroxylation is 3. The van der Waals surface area contributed by atoms with Crippen LogP contribution in [-0.4, -0.2) is 14.5 Å². The van der Waals surface area contributed by atoms with E-state index >= 15 is 0 Å². The first-order valence-corrected chi connectivity index (χ1v) is 12.3. The molecule has 9 heteroatoms. The molecule has 2 heterocycles. The van der Waals surface area contributed by atoms with E-state index in [0.717, 1.165) is 65.4 Å². The van der Waals surface area contributed by atoms with Gasteiger partial charge in [-0.1, -0.05) is 0 Å². The highest BCUT2D eigenvalue weighted by molar-refractivity contribution is 5.96. The van der Waals surface area contributed by atoms with Crippen molar-refractivity contribution in [2.75, 3.05) is 11.1 Å². The number of hydrogen-bond donors (Lipinski definition) is 2. The molecule has 1 aliphatic carbocycles. The number of hydrogen-bond acceptors (Lipinski definition) is 5. The Morgan fingerprint density at radius 2 is 1.78 bits per heavy atom. The van der Waals surface area contributed by atoms with Crippen molar-refractivity contribution in [2.24, 2.45) is 7.05 Å². The first kappa shape index (κ1) is 24.8. The summed E-state index contributed by atoms with van der Waals surface area (Å²) in [6, 6.07) is 8.51. The van der Waals surface area contributed by atoms with Gasteiger partial charge >= 0.3 is 6.18 Å². The zero-order chi connectivity index (χ0) is 26.5. The van der Waals surface area contributed by atoms with Crippen LogP contribution in [0.2, 0.25) is 0 Å². The molecule has 1 atom stereocenters. The second kappa shape index (κ2) is 9.21. The summed E-state index contributed by atoms with van der Waals surface area (Å²) in [7, 11) is 1.72. The predicted octanol–water partition coefficient (Wildman–Crippen LogP) is 5.96. The molecule has 0 saturated carbocycles. The average molecular weight is 508 g/mol. The Balaban J connectivity index is 1.66. The summed E-state index contributed by atoms with van der Waals surface area (Å²) >= 11 is 0. The number of benzene rings is 2. The second-order valence-electron chi connectivity index (χ2n) is 9.72. The number of pyridine rings is 1. The van der Waals surface area contributed by atoms with Crippen LogP contribution in [0.15, 0.2) is 47.4 Å². The number of rotatable bonds is 4. The van der Waals surface area contributed by atoms with E-state index in [0.29, 0.717) is 17.2 Å². The maximum absolute atomic E-state index is 13.4. The molecule has 37 heavy (non-hydrogen) atoms. The van der Waals surface area contributed by atoms with Gasteiger partial charge in [-0.05, 0) is 97.7 Å². The molecule has 6 nitrogen and oxygen atoms in total. The van der Waals surface area contributed by atoms with Crippen molar-refractivity contribution in [1.82, 2.24) is 14.5 Å². The largest absolute Gasteiger partial charge is 0.416 e. The van der Waals surface area contributed by atoms with Crippen molar-refractivity contribution in [3.05, 3.63) is 81.0 Å². The van der Waals surface area contributed by atoms with Gasteiger partial charge < -0.3 is 15.6 Å². The van der Waals surface area contributed by atoms with Gasteiger partial charge in [-0.3, -0.25) is 4.79 Å². The Morgan fingerprint density at radius 3 is 2.49 bits per heavy atom. The monoisotopic (exact) mass is 507 g/mol. The Kier molecular flexibility index (Phi) is 6.17. The lowest BCUT2D eigenvalue weighted by molar-refractivity contribution is -0.137. The second-order valence-corrected chi connectivity index (χ2v) is 9.72. The standard InChI is InChI=1S/C28H28F3N5O/c1-15(18-10-19(28(29,30)31)12-20(32)11-18)33-27-24-13-23(17-8-9-25(37)36(3)14-17)21-6-4-5-7-22(21)26(24)34-16(2)35-27/h8-15H,4-7,32H2,1-3H3,(H,33,34,35)/t15-/m1/s1. The number of nitrogens with two attached hydrogens (primary N) is 1. The maximum atomic E-state index is 13.4. The molecule has 0 fully saturated rings. The Labute approximate surface area is 212 Å². The van der Waals surface area contributed by atoms with Crippen LogP contribution in [0.3, 0.4) is 0 Å². The van der Waals surface area contributed by atoms with E-state index in [-0.39, 0.29) is 11.2 Å². The quantitative estimate of drug-likeness (QED) is 0.333. The summed E-state index contributed by atoms with van der Waals surface area (Å²) in [4.78, 5) is 21.4. The first-order chi connectivity index (χ1) is 17.5. The molecule has 2 aromatic heterocycles. The molecule has 5 rings (SSSR count). The van der Waals surface area contributed by atoms with Crippen LogP contribution in [0.25, 0.3) is 22.0 Å². The topological polar surface area (TPSA) is 85.8 Å². The molecule has 0 saturated heterocycles. The summed E-state index contributed by atoms with van der Waals surface area (Å²) in [6.45, 7) is 3.60. The van der Waals surface area contributed by atoms with Crippen molar-refractivity contribution in [1.29, 1.82) is 0 Å².